The fourth-order valence-electron chi connectivity index (χ4n) is 2.30. The Kier molecular flexibility index (Phi) is 7.06. The van der Waals surface area contributed by atoms with Crippen molar-refractivity contribution in [2.45, 2.75) is 51.1 Å². The summed E-state index contributed by atoms with van der Waals surface area (Å²) in [5, 5.41) is 39.2. The summed E-state index contributed by atoms with van der Waals surface area (Å²) in [7, 11) is 0. The summed E-state index contributed by atoms with van der Waals surface area (Å²) < 4.78 is 4.58. The van der Waals surface area contributed by atoms with Crippen molar-refractivity contribution >= 4 is 29.1 Å². The molecule has 1 unspecified atom stereocenters. The Morgan fingerprint density at radius 3 is 1.67 bits per heavy atom. The average molecular weight is 348 g/mol. The molecule has 0 aliphatic rings. The van der Waals surface area contributed by atoms with Crippen molar-refractivity contribution in [1.29, 1.82) is 0 Å². The highest BCUT2D eigenvalue weighted by Crippen LogP contribution is 2.35. The molecule has 0 spiro atoms. The number of rotatable bonds is 9. The van der Waals surface area contributed by atoms with Gasteiger partial charge in [-0.15, -0.1) is 0 Å². The van der Waals surface area contributed by atoms with Crippen LogP contribution in [0.4, 0.5) is 0 Å². The van der Waals surface area contributed by atoms with E-state index in [9.17, 15) is 39.3 Å². The summed E-state index contributed by atoms with van der Waals surface area (Å²) in [5.41, 5.74) is -6.92. The second-order valence-corrected chi connectivity index (χ2v) is 5.23. The second-order valence-electron chi connectivity index (χ2n) is 5.23. The lowest BCUT2D eigenvalue weighted by molar-refractivity contribution is -0.226. The van der Waals surface area contributed by atoms with Gasteiger partial charge in [-0.05, 0) is 13.8 Å². The smallest absolute Gasteiger partial charge is 0.304 e. The molecule has 0 saturated carbocycles. The monoisotopic (exact) mass is 348 g/mol. The topological polar surface area (TPSA) is 175 Å². The fraction of sp³-hybridized carbons (Fsp3) is 0.643. The van der Waals surface area contributed by atoms with E-state index < -0.39 is 59.1 Å². The third-order valence-electron chi connectivity index (χ3n) is 3.49. The van der Waals surface area contributed by atoms with Crippen molar-refractivity contribution < 1.29 is 49.1 Å². The zero-order valence-corrected chi connectivity index (χ0v) is 13.6. The van der Waals surface area contributed by atoms with Crippen LogP contribution in [0.1, 0.15) is 27.7 Å². The van der Waals surface area contributed by atoms with Gasteiger partial charge >= 0.3 is 5.97 Å². The molecular formula is C14H20O10. The zero-order chi connectivity index (χ0) is 19.5. The summed E-state index contributed by atoms with van der Waals surface area (Å²) in [6.07, 6.45) is -4.81. The average Bonchev–Trinajstić information content (AvgIpc) is 2.48. The molecule has 24 heavy (non-hydrogen) atoms. The number of ether oxygens (including phenoxy) is 1. The minimum Gasteiger partial charge on any atom is -0.439 e. The van der Waals surface area contributed by atoms with Crippen molar-refractivity contribution in [2.75, 3.05) is 6.61 Å². The van der Waals surface area contributed by atoms with E-state index in [0.717, 1.165) is 6.92 Å². The summed E-state index contributed by atoms with van der Waals surface area (Å²) in [6.45, 7) is 1.55. The van der Waals surface area contributed by atoms with Gasteiger partial charge in [0, 0.05) is 13.8 Å². The molecule has 0 radical (unpaired) electrons. The lowest BCUT2D eigenvalue weighted by Gasteiger charge is -2.44. The predicted molar refractivity (Wildman–Crippen MR) is 75.6 cm³/mol. The Morgan fingerprint density at radius 1 is 0.958 bits per heavy atom. The molecule has 0 fully saturated rings. The Balaban J connectivity index is 6.88. The van der Waals surface area contributed by atoms with Gasteiger partial charge in [0.05, 0.1) is 6.61 Å². The first-order valence-corrected chi connectivity index (χ1v) is 6.77. The van der Waals surface area contributed by atoms with Crippen LogP contribution in [0.5, 0.6) is 0 Å². The molecule has 10 heteroatoms. The fourth-order valence-corrected chi connectivity index (χ4v) is 2.30. The van der Waals surface area contributed by atoms with Crippen LogP contribution in [0.2, 0.25) is 0 Å². The first-order chi connectivity index (χ1) is 10.8. The maximum Gasteiger partial charge on any atom is 0.304 e. The van der Waals surface area contributed by atoms with Crippen molar-refractivity contribution in [3.05, 3.63) is 0 Å². The Hall–Kier alpha value is -2.01. The van der Waals surface area contributed by atoms with E-state index in [1.807, 2.05) is 0 Å². The number of hydrogen-bond donors (Lipinski definition) is 4. The van der Waals surface area contributed by atoms with Crippen molar-refractivity contribution in [2.24, 2.45) is 0 Å². The van der Waals surface area contributed by atoms with Crippen molar-refractivity contribution in [1.82, 2.24) is 0 Å². The zero-order valence-electron chi connectivity index (χ0n) is 13.6. The molecule has 0 aromatic rings. The molecule has 0 bridgehead atoms. The van der Waals surface area contributed by atoms with Crippen LogP contribution in [0.25, 0.3) is 0 Å². The number of ketones is 4. The van der Waals surface area contributed by atoms with Crippen LogP contribution in [0, 0.1) is 0 Å². The molecule has 10 nitrogen and oxygen atoms in total. The summed E-state index contributed by atoms with van der Waals surface area (Å²) in [4.78, 5) is 59.2. The highest BCUT2D eigenvalue weighted by atomic mass is 16.6. The lowest BCUT2D eigenvalue weighted by Crippen LogP contribution is -2.76. The van der Waals surface area contributed by atoms with Gasteiger partial charge in [0.25, 0.3) is 11.4 Å². The van der Waals surface area contributed by atoms with Crippen molar-refractivity contribution in [3.63, 3.8) is 0 Å². The maximum atomic E-state index is 12.3. The summed E-state index contributed by atoms with van der Waals surface area (Å²) in [5.74, 6) is -7.32. The van der Waals surface area contributed by atoms with Gasteiger partial charge in [0.15, 0.2) is 17.3 Å². The largest absolute Gasteiger partial charge is 0.439 e. The van der Waals surface area contributed by atoms with E-state index in [1.165, 1.54) is 0 Å². The molecule has 4 N–H and O–H groups in total. The number of aliphatic hydroxyl groups is 4. The molecule has 0 aliphatic heterocycles. The lowest BCUT2D eigenvalue weighted by atomic mass is 9.69. The van der Waals surface area contributed by atoms with Gasteiger partial charge in [-0.1, -0.05) is 0 Å². The number of Topliss-reactive ketones (excluding diaryl/α,β-unsaturated/α-hetero) is 4. The molecule has 0 aliphatic carbocycles. The van der Waals surface area contributed by atoms with Gasteiger partial charge in [0.2, 0.25) is 5.60 Å². The van der Waals surface area contributed by atoms with Crippen LogP contribution in [0.15, 0.2) is 0 Å². The molecule has 0 aromatic carbocycles. The standard InChI is InChI=1S/C14H20O10/c1-6(16)11(21)14(8(3)18,24-9(4)19)13(23,7(2)17)12(22)10(20)5-15/h10,12,15,20,22-23H,5H2,1-4H3/t10-,12-,13?,14-/m1/s1. The molecule has 0 amide bonds. The number of aliphatic hydroxyl groups excluding tert-OH is 3. The summed E-state index contributed by atoms with van der Waals surface area (Å²) in [6, 6.07) is 0. The van der Waals surface area contributed by atoms with Gasteiger partial charge in [-0.25, -0.2) is 0 Å². The first-order valence-electron chi connectivity index (χ1n) is 6.77. The number of carbonyl (C=O) groups excluding carboxylic acids is 5. The van der Waals surface area contributed by atoms with Gasteiger partial charge in [-0.3, -0.25) is 24.0 Å². The van der Waals surface area contributed by atoms with E-state index in [1.54, 1.807) is 0 Å². The highest BCUT2D eigenvalue weighted by Gasteiger charge is 2.70. The summed E-state index contributed by atoms with van der Waals surface area (Å²) >= 11 is 0. The van der Waals surface area contributed by atoms with E-state index in [0.29, 0.717) is 20.8 Å². The van der Waals surface area contributed by atoms with Crippen LogP contribution in [-0.2, 0) is 28.7 Å². The molecular weight excluding hydrogens is 328 g/mol. The maximum absolute atomic E-state index is 12.3. The Labute approximate surface area is 137 Å². The molecule has 4 atom stereocenters. The molecule has 136 valence electrons. The predicted octanol–water partition coefficient (Wildman–Crippen LogP) is -2.93. The quantitative estimate of drug-likeness (QED) is 0.192. The highest BCUT2D eigenvalue weighted by molar-refractivity contribution is 6.45. The minimum absolute atomic E-state index is 0.641. The number of carbonyl (C=O) groups is 5. The van der Waals surface area contributed by atoms with Gasteiger partial charge < -0.3 is 25.2 Å². The van der Waals surface area contributed by atoms with Gasteiger partial charge in [0.1, 0.15) is 12.2 Å². The van der Waals surface area contributed by atoms with Crippen LogP contribution < -0.4 is 0 Å². The third-order valence-corrected chi connectivity index (χ3v) is 3.49. The Morgan fingerprint density at radius 2 is 1.42 bits per heavy atom. The molecule has 0 saturated heterocycles. The van der Waals surface area contributed by atoms with E-state index in [-0.39, 0.29) is 0 Å². The first kappa shape index (κ1) is 22.0. The van der Waals surface area contributed by atoms with E-state index in [2.05, 4.69) is 4.74 Å². The SMILES string of the molecule is CC(=O)O[C@](C(C)=O)(C(=O)C(C)=O)C(O)(C(C)=O)[C@H](O)[C@H](O)CO. The van der Waals surface area contributed by atoms with Gasteiger partial charge in [-0.2, -0.15) is 0 Å². The second kappa shape index (κ2) is 7.71. The van der Waals surface area contributed by atoms with Crippen LogP contribution in [0.3, 0.4) is 0 Å². The molecule has 0 aromatic heterocycles. The molecule has 0 heterocycles. The van der Waals surface area contributed by atoms with Crippen LogP contribution in [-0.4, -0.2) is 79.5 Å². The third kappa shape index (κ3) is 3.41. The minimum atomic E-state index is -3.50. The number of esters is 1. The van der Waals surface area contributed by atoms with E-state index >= 15 is 0 Å². The Bertz CT molecular complexity index is 568. The van der Waals surface area contributed by atoms with Crippen LogP contribution >= 0.6 is 0 Å². The van der Waals surface area contributed by atoms with Crippen molar-refractivity contribution in [3.8, 4) is 0 Å². The normalized spacial score (nSPS) is 18.5. The molecule has 0 rings (SSSR count). The number of hydrogen-bond acceptors (Lipinski definition) is 10. The van der Waals surface area contributed by atoms with E-state index in [4.69, 9.17) is 5.11 Å².